The first-order valence-electron chi connectivity index (χ1n) is 8.80. The van der Waals surface area contributed by atoms with E-state index in [0.717, 1.165) is 16.9 Å². The van der Waals surface area contributed by atoms with Crippen LogP contribution in [0.3, 0.4) is 0 Å². The van der Waals surface area contributed by atoms with Crippen LogP contribution in [0.15, 0.2) is 46.9 Å². The van der Waals surface area contributed by atoms with Gasteiger partial charge in [-0.15, -0.1) is 11.3 Å². The monoisotopic (exact) mass is 451 g/mol. The van der Waals surface area contributed by atoms with Gasteiger partial charge < -0.3 is 14.2 Å². The summed E-state index contributed by atoms with van der Waals surface area (Å²) in [5.74, 6) is 0.592. The second kappa shape index (κ2) is 9.18. The molecule has 0 fully saturated rings. The van der Waals surface area contributed by atoms with Gasteiger partial charge in [-0.3, -0.25) is 9.40 Å². The van der Waals surface area contributed by atoms with Gasteiger partial charge in [0, 0.05) is 12.7 Å². The van der Waals surface area contributed by atoms with Crippen LogP contribution in [-0.2, 0) is 27.7 Å². The Kier molecular flexibility index (Phi) is 6.63. The molecule has 3 rings (SSSR count). The van der Waals surface area contributed by atoms with E-state index >= 15 is 0 Å². The quantitative estimate of drug-likeness (QED) is 0.498. The highest BCUT2D eigenvalue weighted by atomic mass is 32.2. The van der Waals surface area contributed by atoms with Gasteiger partial charge in [-0.05, 0) is 35.6 Å². The van der Waals surface area contributed by atoms with Gasteiger partial charge in [0.2, 0.25) is 0 Å². The number of hydrogen-bond acceptors (Lipinski definition) is 8. The normalized spacial score (nSPS) is 11.2. The summed E-state index contributed by atoms with van der Waals surface area (Å²) >= 11 is 1.00. The third kappa shape index (κ3) is 4.74. The van der Waals surface area contributed by atoms with Crippen LogP contribution in [0.1, 0.15) is 15.2 Å². The third-order valence-electron chi connectivity index (χ3n) is 4.25. The van der Waals surface area contributed by atoms with Crippen molar-refractivity contribution in [2.24, 2.45) is 0 Å². The zero-order chi connectivity index (χ0) is 21.7. The van der Waals surface area contributed by atoms with Gasteiger partial charge in [0.25, 0.3) is 10.0 Å². The Labute approximate surface area is 178 Å². The largest absolute Gasteiger partial charge is 0.493 e. The average molecular weight is 452 g/mol. The lowest BCUT2D eigenvalue weighted by molar-refractivity contribution is 0.0602. The summed E-state index contributed by atoms with van der Waals surface area (Å²) in [6.07, 6.45) is 3.66. The van der Waals surface area contributed by atoms with Crippen molar-refractivity contribution in [1.29, 1.82) is 0 Å². The molecule has 11 heteroatoms. The number of aryl methyl sites for hydroxylation is 2. The van der Waals surface area contributed by atoms with E-state index in [9.17, 15) is 13.2 Å². The number of sulfonamides is 1. The molecule has 0 saturated carbocycles. The Morgan fingerprint density at radius 3 is 2.63 bits per heavy atom. The van der Waals surface area contributed by atoms with E-state index in [-0.39, 0.29) is 9.77 Å². The highest BCUT2D eigenvalue weighted by Gasteiger charge is 2.25. The molecule has 0 aliphatic carbocycles. The van der Waals surface area contributed by atoms with E-state index in [4.69, 9.17) is 9.47 Å². The standard InChI is InChI=1S/C19H21N3O6S2/c1-26-15-5-4-13(10-16(15)27-2)6-8-22-12-14(11-20-22)21-30(24,25)17-7-9-29-18(17)19(23)28-3/h4-5,7,9-12,21H,6,8H2,1-3H3. The van der Waals surface area contributed by atoms with Gasteiger partial charge in [0.15, 0.2) is 11.5 Å². The second-order valence-corrected chi connectivity index (χ2v) is 8.71. The summed E-state index contributed by atoms with van der Waals surface area (Å²) in [7, 11) is 0.406. The molecule has 0 aliphatic heterocycles. The van der Waals surface area contributed by atoms with Crippen LogP contribution >= 0.6 is 11.3 Å². The molecule has 3 aromatic rings. The number of thiophene rings is 1. The van der Waals surface area contributed by atoms with Crippen LogP contribution in [0.2, 0.25) is 0 Å². The van der Waals surface area contributed by atoms with E-state index in [0.29, 0.717) is 30.2 Å². The second-order valence-electron chi connectivity index (χ2n) is 6.14. The minimum Gasteiger partial charge on any atom is -0.493 e. The maximum Gasteiger partial charge on any atom is 0.349 e. The number of rotatable bonds is 9. The van der Waals surface area contributed by atoms with Crippen LogP contribution in [-0.4, -0.2) is 45.5 Å². The van der Waals surface area contributed by atoms with Gasteiger partial charge in [-0.25, -0.2) is 13.2 Å². The first kappa shape index (κ1) is 21.7. The number of nitrogens with one attached hydrogen (secondary N) is 1. The molecule has 0 saturated heterocycles. The number of ether oxygens (including phenoxy) is 3. The number of aromatic nitrogens is 2. The average Bonchev–Trinajstić information content (AvgIpc) is 3.41. The molecule has 0 unspecified atom stereocenters. The maximum absolute atomic E-state index is 12.6. The van der Waals surface area contributed by atoms with Gasteiger partial charge in [0.05, 0.1) is 33.2 Å². The van der Waals surface area contributed by atoms with Crippen molar-refractivity contribution in [1.82, 2.24) is 9.78 Å². The fourth-order valence-corrected chi connectivity index (χ4v) is 5.14. The van der Waals surface area contributed by atoms with Crippen LogP contribution in [0.4, 0.5) is 5.69 Å². The fourth-order valence-electron chi connectivity index (χ4n) is 2.78. The predicted molar refractivity (Wildman–Crippen MR) is 112 cm³/mol. The van der Waals surface area contributed by atoms with Crippen molar-refractivity contribution < 1.29 is 27.4 Å². The molecular weight excluding hydrogens is 430 g/mol. The molecule has 30 heavy (non-hydrogen) atoms. The van der Waals surface area contributed by atoms with E-state index < -0.39 is 16.0 Å². The zero-order valence-corrected chi connectivity index (χ0v) is 18.2. The van der Waals surface area contributed by atoms with Crippen LogP contribution in [0.5, 0.6) is 11.5 Å². The number of nitrogens with zero attached hydrogens (tertiary/aromatic N) is 2. The SMILES string of the molecule is COC(=O)c1sccc1S(=O)(=O)Nc1cnn(CCc2ccc(OC)c(OC)c2)c1. The highest BCUT2D eigenvalue weighted by molar-refractivity contribution is 7.93. The molecule has 160 valence electrons. The molecule has 9 nitrogen and oxygen atoms in total. The van der Waals surface area contributed by atoms with Crippen molar-refractivity contribution in [2.75, 3.05) is 26.1 Å². The number of esters is 1. The molecule has 2 heterocycles. The first-order valence-corrected chi connectivity index (χ1v) is 11.2. The molecule has 0 spiro atoms. The van der Waals surface area contributed by atoms with E-state index in [1.54, 1.807) is 25.1 Å². The third-order valence-corrected chi connectivity index (χ3v) is 6.70. The Balaban J connectivity index is 1.68. The first-order chi connectivity index (χ1) is 14.4. The molecule has 0 atom stereocenters. The summed E-state index contributed by atoms with van der Waals surface area (Å²) in [6, 6.07) is 7.01. The lowest BCUT2D eigenvalue weighted by Gasteiger charge is -2.09. The Morgan fingerprint density at radius 1 is 1.17 bits per heavy atom. The summed E-state index contributed by atoms with van der Waals surface area (Å²) < 4.78 is 44.5. The van der Waals surface area contributed by atoms with Gasteiger partial charge in [-0.1, -0.05) is 6.07 Å². The Hall–Kier alpha value is -3.05. The number of hydrogen-bond donors (Lipinski definition) is 1. The number of methoxy groups -OCH3 is 3. The lowest BCUT2D eigenvalue weighted by Crippen LogP contribution is -2.15. The molecule has 0 bridgehead atoms. The predicted octanol–water partition coefficient (Wildman–Crippen LogP) is 2.79. The van der Waals surface area contributed by atoms with Gasteiger partial charge >= 0.3 is 5.97 Å². The van der Waals surface area contributed by atoms with Crippen molar-refractivity contribution >= 4 is 33.0 Å². The molecule has 2 aromatic heterocycles. The van der Waals surface area contributed by atoms with Crippen molar-refractivity contribution in [2.45, 2.75) is 17.9 Å². The van der Waals surface area contributed by atoms with Crippen molar-refractivity contribution in [3.05, 3.63) is 52.5 Å². The van der Waals surface area contributed by atoms with E-state index in [2.05, 4.69) is 14.6 Å². The zero-order valence-electron chi connectivity index (χ0n) is 16.6. The topological polar surface area (TPSA) is 109 Å². The number of anilines is 1. The molecule has 0 radical (unpaired) electrons. The molecule has 1 N–H and O–H groups in total. The number of benzene rings is 1. The highest BCUT2D eigenvalue weighted by Crippen LogP contribution is 2.28. The smallest absolute Gasteiger partial charge is 0.349 e. The van der Waals surface area contributed by atoms with Crippen LogP contribution in [0.25, 0.3) is 0 Å². The van der Waals surface area contributed by atoms with E-state index in [1.165, 1.54) is 24.8 Å². The fraction of sp³-hybridized carbons (Fsp3) is 0.263. The number of carbonyl (C=O) groups excluding carboxylic acids is 1. The van der Waals surface area contributed by atoms with Crippen molar-refractivity contribution in [3.8, 4) is 11.5 Å². The summed E-state index contributed by atoms with van der Waals surface area (Å²) in [5.41, 5.74) is 1.32. The lowest BCUT2D eigenvalue weighted by atomic mass is 10.1. The van der Waals surface area contributed by atoms with Crippen LogP contribution < -0.4 is 14.2 Å². The molecular formula is C19H21N3O6S2. The Bertz CT molecular complexity index is 1140. The van der Waals surface area contributed by atoms with Crippen LogP contribution in [0, 0.1) is 0 Å². The molecule has 0 aliphatic rings. The number of carbonyl (C=O) groups is 1. The summed E-state index contributed by atoms with van der Waals surface area (Å²) in [4.78, 5) is 11.7. The maximum atomic E-state index is 12.6. The Morgan fingerprint density at radius 2 is 1.93 bits per heavy atom. The van der Waals surface area contributed by atoms with Gasteiger partial charge in [-0.2, -0.15) is 5.10 Å². The molecule has 1 aromatic carbocycles. The minimum atomic E-state index is -3.95. The van der Waals surface area contributed by atoms with E-state index in [1.807, 2.05) is 18.2 Å². The van der Waals surface area contributed by atoms with Gasteiger partial charge in [0.1, 0.15) is 9.77 Å². The minimum absolute atomic E-state index is 0.0193. The van der Waals surface area contributed by atoms with Crippen molar-refractivity contribution in [3.63, 3.8) is 0 Å². The molecule has 0 amide bonds. The summed E-state index contributed by atoms with van der Waals surface area (Å²) in [6.45, 7) is 0.531. The summed E-state index contributed by atoms with van der Waals surface area (Å²) in [5, 5.41) is 5.71.